The molecule has 1 aliphatic rings. The highest BCUT2D eigenvalue weighted by molar-refractivity contribution is 5.92. The van der Waals surface area contributed by atoms with Gasteiger partial charge in [-0.25, -0.2) is 14.6 Å². The van der Waals surface area contributed by atoms with Crippen molar-refractivity contribution < 1.29 is 14.3 Å². The lowest BCUT2D eigenvalue weighted by Gasteiger charge is -2.34. The van der Waals surface area contributed by atoms with Crippen LogP contribution in [0.15, 0.2) is 53.3 Å². The summed E-state index contributed by atoms with van der Waals surface area (Å²) in [4.78, 5) is 47.5. The van der Waals surface area contributed by atoms with Crippen LogP contribution in [0.2, 0.25) is 0 Å². The van der Waals surface area contributed by atoms with Crippen molar-refractivity contribution in [2.45, 2.75) is 6.54 Å². The summed E-state index contributed by atoms with van der Waals surface area (Å²) >= 11 is 0. The lowest BCUT2D eigenvalue weighted by atomic mass is 10.2. The number of aromatic nitrogens is 2. The van der Waals surface area contributed by atoms with Gasteiger partial charge in [-0.2, -0.15) is 0 Å². The molecule has 0 aliphatic carbocycles. The molecule has 9 nitrogen and oxygen atoms in total. The van der Waals surface area contributed by atoms with Gasteiger partial charge < -0.3 is 19.9 Å². The molecule has 9 heteroatoms. The third kappa shape index (κ3) is 4.72. The Kier molecular flexibility index (Phi) is 5.94. The minimum absolute atomic E-state index is 0.142. The van der Waals surface area contributed by atoms with E-state index in [-0.39, 0.29) is 11.6 Å². The zero-order valence-electron chi connectivity index (χ0n) is 17.1. The third-order valence-electron chi connectivity index (χ3n) is 5.25. The van der Waals surface area contributed by atoms with E-state index < -0.39 is 5.97 Å². The predicted octanol–water partition coefficient (Wildman–Crippen LogP) is 2.06. The Balaban J connectivity index is 1.32. The van der Waals surface area contributed by atoms with Crippen molar-refractivity contribution in [3.05, 3.63) is 70.3 Å². The van der Waals surface area contributed by atoms with Crippen LogP contribution in [0.4, 0.5) is 10.5 Å². The summed E-state index contributed by atoms with van der Waals surface area (Å²) in [6, 6.07) is 13.6. The number of piperazine rings is 1. The van der Waals surface area contributed by atoms with Crippen LogP contribution in [-0.4, -0.2) is 65.1 Å². The molecule has 2 aromatic carbocycles. The molecule has 1 fully saturated rings. The number of urea groups is 1. The third-order valence-corrected chi connectivity index (χ3v) is 5.25. The topological polar surface area (TPSA) is 108 Å². The lowest BCUT2D eigenvalue weighted by molar-refractivity contribution is 0.0600. The van der Waals surface area contributed by atoms with E-state index >= 15 is 0 Å². The normalized spacial score (nSPS) is 14.4. The molecule has 0 unspecified atom stereocenters. The molecule has 3 aromatic rings. The number of benzene rings is 2. The first-order chi connectivity index (χ1) is 15.0. The van der Waals surface area contributed by atoms with Crippen molar-refractivity contribution in [1.29, 1.82) is 0 Å². The number of nitrogens with zero attached hydrogens (tertiary/aromatic N) is 3. The Hall–Kier alpha value is -3.72. The summed E-state index contributed by atoms with van der Waals surface area (Å²) in [5.74, 6) is 0.198. The monoisotopic (exact) mass is 421 g/mol. The molecule has 4 rings (SSSR count). The Morgan fingerprint density at radius 2 is 1.77 bits per heavy atom. The first kappa shape index (κ1) is 20.5. The Morgan fingerprint density at radius 3 is 2.48 bits per heavy atom. The fourth-order valence-corrected chi connectivity index (χ4v) is 3.54. The number of hydrogen-bond acceptors (Lipinski definition) is 6. The van der Waals surface area contributed by atoms with Gasteiger partial charge in [-0.15, -0.1) is 0 Å². The number of methoxy groups -OCH3 is 1. The maximum Gasteiger partial charge on any atom is 0.337 e. The molecule has 0 spiro atoms. The number of aromatic amines is 1. The number of carbonyl (C=O) groups excluding carboxylic acids is 2. The zero-order valence-corrected chi connectivity index (χ0v) is 17.1. The number of carbonyl (C=O) groups is 2. The number of anilines is 1. The Morgan fingerprint density at radius 1 is 1.06 bits per heavy atom. The van der Waals surface area contributed by atoms with Gasteiger partial charge in [0.2, 0.25) is 0 Å². The van der Waals surface area contributed by atoms with Crippen LogP contribution in [0.3, 0.4) is 0 Å². The van der Waals surface area contributed by atoms with Gasteiger partial charge in [0, 0.05) is 31.9 Å². The molecule has 0 saturated carbocycles. The Bertz CT molecular complexity index is 1150. The van der Waals surface area contributed by atoms with E-state index in [1.54, 1.807) is 35.2 Å². The number of fused-ring (bicyclic) bond motifs is 1. The van der Waals surface area contributed by atoms with Gasteiger partial charge in [0.15, 0.2) is 0 Å². The minimum Gasteiger partial charge on any atom is -0.465 e. The number of ether oxygens (including phenoxy) is 1. The first-order valence-electron chi connectivity index (χ1n) is 9.98. The second-order valence-corrected chi connectivity index (χ2v) is 7.29. The van der Waals surface area contributed by atoms with E-state index in [0.29, 0.717) is 60.7 Å². The van der Waals surface area contributed by atoms with Crippen LogP contribution in [0.25, 0.3) is 10.9 Å². The van der Waals surface area contributed by atoms with Crippen molar-refractivity contribution in [1.82, 2.24) is 19.8 Å². The molecular formula is C22H23N5O4. The fraction of sp³-hybridized carbons (Fsp3) is 0.273. The second-order valence-electron chi connectivity index (χ2n) is 7.29. The number of rotatable bonds is 4. The number of amides is 2. The van der Waals surface area contributed by atoms with Gasteiger partial charge in [-0.1, -0.05) is 12.1 Å². The number of H-pyrrole nitrogens is 1. The molecule has 31 heavy (non-hydrogen) atoms. The van der Waals surface area contributed by atoms with Crippen LogP contribution in [0, 0.1) is 0 Å². The SMILES string of the molecule is COC(=O)c1ccc(NC(=O)N2CCN(Cc3nc4ccccc4c(=O)[nH]3)CC2)cc1. The highest BCUT2D eigenvalue weighted by Gasteiger charge is 2.22. The van der Waals surface area contributed by atoms with Crippen LogP contribution < -0.4 is 10.9 Å². The fourth-order valence-electron chi connectivity index (χ4n) is 3.54. The van der Waals surface area contributed by atoms with Crippen molar-refractivity contribution in [2.75, 3.05) is 38.6 Å². The van der Waals surface area contributed by atoms with Crippen LogP contribution >= 0.6 is 0 Å². The first-order valence-corrected chi connectivity index (χ1v) is 9.98. The smallest absolute Gasteiger partial charge is 0.337 e. The Labute approximate surface area is 178 Å². The standard InChI is InChI=1S/C22H23N5O4/c1-31-21(29)15-6-8-16(9-7-15)23-22(30)27-12-10-26(11-13-27)14-19-24-18-5-3-2-4-17(18)20(28)25-19/h2-9H,10-14H2,1H3,(H,23,30)(H,24,25,28). The van der Waals surface area contributed by atoms with E-state index in [4.69, 9.17) is 0 Å². The van der Waals surface area contributed by atoms with E-state index in [1.807, 2.05) is 18.2 Å². The van der Waals surface area contributed by atoms with Gasteiger partial charge in [-0.3, -0.25) is 9.69 Å². The molecular weight excluding hydrogens is 398 g/mol. The van der Waals surface area contributed by atoms with Crippen LogP contribution in [0.5, 0.6) is 0 Å². The second kappa shape index (κ2) is 8.97. The van der Waals surface area contributed by atoms with Crippen molar-refractivity contribution >= 4 is 28.6 Å². The average molecular weight is 421 g/mol. The highest BCUT2D eigenvalue weighted by atomic mass is 16.5. The molecule has 1 aromatic heterocycles. The lowest BCUT2D eigenvalue weighted by Crippen LogP contribution is -2.49. The van der Waals surface area contributed by atoms with Gasteiger partial charge in [0.1, 0.15) is 5.82 Å². The number of nitrogens with one attached hydrogen (secondary N) is 2. The van der Waals surface area contributed by atoms with Gasteiger partial charge >= 0.3 is 12.0 Å². The maximum atomic E-state index is 12.5. The molecule has 160 valence electrons. The quantitative estimate of drug-likeness (QED) is 0.625. The summed E-state index contributed by atoms with van der Waals surface area (Å²) in [7, 11) is 1.32. The van der Waals surface area contributed by atoms with E-state index in [9.17, 15) is 14.4 Å². The predicted molar refractivity (Wildman–Crippen MR) is 116 cm³/mol. The summed E-state index contributed by atoms with van der Waals surface area (Å²) < 4.78 is 4.67. The summed E-state index contributed by atoms with van der Waals surface area (Å²) in [6.07, 6.45) is 0. The number of esters is 1. The van der Waals surface area contributed by atoms with E-state index in [1.165, 1.54) is 7.11 Å². The molecule has 0 atom stereocenters. The number of para-hydroxylation sites is 1. The minimum atomic E-state index is -0.420. The molecule has 1 aliphatic heterocycles. The molecule has 2 heterocycles. The number of hydrogen-bond donors (Lipinski definition) is 2. The van der Waals surface area contributed by atoms with E-state index in [2.05, 4.69) is 24.9 Å². The molecule has 0 bridgehead atoms. The summed E-state index contributed by atoms with van der Waals surface area (Å²) in [5.41, 5.74) is 1.57. The summed E-state index contributed by atoms with van der Waals surface area (Å²) in [5, 5.41) is 3.42. The molecule has 2 N–H and O–H groups in total. The molecule has 1 saturated heterocycles. The van der Waals surface area contributed by atoms with Crippen LogP contribution in [0.1, 0.15) is 16.2 Å². The zero-order chi connectivity index (χ0) is 21.8. The highest BCUT2D eigenvalue weighted by Crippen LogP contribution is 2.13. The van der Waals surface area contributed by atoms with Gasteiger partial charge in [-0.05, 0) is 36.4 Å². The van der Waals surface area contributed by atoms with Crippen LogP contribution in [-0.2, 0) is 11.3 Å². The average Bonchev–Trinajstić information content (AvgIpc) is 2.79. The largest absolute Gasteiger partial charge is 0.465 e. The van der Waals surface area contributed by atoms with Gasteiger partial charge in [0.25, 0.3) is 5.56 Å². The molecule has 2 amide bonds. The van der Waals surface area contributed by atoms with Crippen molar-refractivity contribution in [2.24, 2.45) is 0 Å². The van der Waals surface area contributed by atoms with E-state index in [0.717, 1.165) is 0 Å². The van der Waals surface area contributed by atoms with Crippen molar-refractivity contribution in [3.63, 3.8) is 0 Å². The van der Waals surface area contributed by atoms with Gasteiger partial charge in [0.05, 0.1) is 30.1 Å². The molecule has 0 radical (unpaired) electrons. The van der Waals surface area contributed by atoms with Crippen molar-refractivity contribution in [3.8, 4) is 0 Å². The maximum absolute atomic E-state index is 12.5. The summed E-state index contributed by atoms with van der Waals surface area (Å²) in [6.45, 7) is 2.98.